The standard InChI is InChI=1S/C16H28ClNOS/c1-4-7-8-12(5-2)11-19-16(13(18)6-3)14-9-10-15(17)20-14/h9-10,12-13,16H,4-8,11,18H2,1-3H3. The first-order chi connectivity index (χ1) is 9.62. The van der Waals surface area contributed by atoms with E-state index in [2.05, 4.69) is 20.8 Å². The topological polar surface area (TPSA) is 35.2 Å². The third-order valence-electron chi connectivity index (χ3n) is 3.79. The van der Waals surface area contributed by atoms with Gasteiger partial charge in [0, 0.05) is 10.9 Å². The molecule has 2 nitrogen and oxygen atoms in total. The van der Waals surface area contributed by atoms with E-state index in [1.807, 2.05) is 12.1 Å². The fourth-order valence-electron chi connectivity index (χ4n) is 2.25. The van der Waals surface area contributed by atoms with Crippen LogP contribution in [0.1, 0.15) is 63.9 Å². The minimum absolute atomic E-state index is 0.0202. The van der Waals surface area contributed by atoms with Gasteiger partial charge in [-0.2, -0.15) is 0 Å². The molecule has 116 valence electrons. The molecule has 2 N–H and O–H groups in total. The summed E-state index contributed by atoms with van der Waals surface area (Å²) in [6.45, 7) is 7.37. The van der Waals surface area contributed by atoms with E-state index in [4.69, 9.17) is 22.1 Å². The molecular weight excluding hydrogens is 290 g/mol. The molecule has 0 aromatic carbocycles. The van der Waals surface area contributed by atoms with Gasteiger partial charge in [0.1, 0.15) is 6.10 Å². The van der Waals surface area contributed by atoms with Crippen molar-refractivity contribution in [3.63, 3.8) is 0 Å². The molecule has 4 heteroatoms. The molecule has 0 fully saturated rings. The predicted molar refractivity (Wildman–Crippen MR) is 89.6 cm³/mol. The van der Waals surface area contributed by atoms with Crippen molar-refractivity contribution in [3.05, 3.63) is 21.3 Å². The summed E-state index contributed by atoms with van der Waals surface area (Å²) >= 11 is 7.61. The maximum absolute atomic E-state index is 6.22. The summed E-state index contributed by atoms with van der Waals surface area (Å²) in [5.74, 6) is 0.636. The van der Waals surface area contributed by atoms with Crippen LogP contribution in [0.25, 0.3) is 0 Å². The minimum atomic E-state index is -0.0202. The van der Waals surface area contributed by atoms with Crippen LogP contribution >= 0.6 is 22.9 Å². The fourth-order valence-corrected chi connectivity index (χ4v) is 3.44. The van der Waals surface area contributed by atoms with Crippen LogP contribution in [0, 0.1) is 5.92 Å². The van der Waals surface area contributed by atoms with Crippen LogP contribution in [0.3, 0.4) is 0 Å². The Morgan fingerprint density at radius 2 is 2.00 bits per heavy atom. The van der Waals surface area contributed by atoms with E-state index in [1.165, 1.54) is 25.7 Å². The van der Waals surface area contributed by atoms with Gasteiger partial charge in [0.25, 0.3) is 0 Å². The molecule has 3 unspecified atom stereocenters. The zero-order valence-electron chi connectivity index (χ0n) is 12.9. The van der Waals surface area contributed by atoms with Crippen LogP contribution < -0.4 is 5.73 Å². The van der Waals surface area contributed by atoms with Gasteiger partial charge in [-0.1, -0.05) is 51.6 Å². The Morgan fingerprint density at radius 1 is 1.25 bits per heavy atom. The fraction of sp³-hybridized carbons (Fsp3) is 0.750. The second-order valence-corrected chi connectivity index (χ2v) is 7.13. The van der Waals surface area contributed by atoms with Gasteiger partial charge in [-0.3, -0.25) is 0 Å². The molecule has 3 atom stereocenters. The lowest BCUT2D eigenvalue weighted by Crippen LogP contribution is -2.30. The Bertz CT molecular complexity index is 369. The zero-order chi connectivity index (χ0) is 15.0. The average Bonchev–Trinajstić information content (AvgIpc) is 2.88. The van der Waals surface area contributed by atoms with E-state index in [0.29, 0.717) is 5.92 Å². The summed E-state index contributed by atoms with van der Waals surface area (Å²) < 4.78 is 6.97. The van der Waals surface area contributed by atoms with Crippen LogP contribution in [0.4, 0.5) is 0 Å². The van der Waals surface area contributed by atoms with Gasteiger partial charge in [0.05, 0.1) is 10.9 Å². The summed E-state index contributed by atoms with van der Waals surface area (Å²) in [5.41, 5.74) is 6.22. The number of unbranched alkanes of at least 4 members (excludes halogenated alkanes) is 1. The molecule has 0 spiro atoms. The number of thiophene rings is 1. The van der Waals surface area contributed by atoms with Crippen molar-refractivity contribution in [2.45, 2.75) is 65.0 Å². The van der Waals surface area contributed by atoms with E-state index in [-0.39, 0.29) is 12.1 Å². The largest absolute Gasteiger partial charge is 0.371 e. The maximum atomic E-state index is 6.22. The van der Waals surface area contributed by atoms with E-state index in [9.17, 15) is 0 Å². The number of halogens is 1. The quantitative estimate of drug-likeness (QED) is 0.626. The molecule has 0 saturated carbocycles. The molecule has 0 aliphatic carbocycles. The Hall–Kier alpha value is -0.0900. The Labute approximate surface area is 132 Å². The van der Waals surface area contributed by atoms with Crippen molar-refractivity contribution in [1.82, 2.24) is 0 Å². The van der Waals surface area contributed by atoms with Crippen molar-refractivity contribution >= 4 is 22.9 Å². The number of hydrogen-bond acceptors (Lipinski definition) is 3. The second kappa shape index (κ2) is 9.78. The molecule has 0 radical (unpaired) electrons. The smallest absolute Gasteiger partial charge is 0.107 e. The molecule has 1 aromatic heterocycles. The van der Waals surface area contributed by atoms with E-state index >= 15 is 0 Å². The van der Waals surface area contributed by atoms with Crippen LogP contribution in [0.5, 0.6) is 0 Å². The predicted octanol–water partition coefficient (Wildman–Crippen LogP) is 5.41. The van der Waals surface area contributed by atoms with Gasteiger partial charge in [-0.25, -0.2) is 0 Å². The second-order valence-electron chi connectivity index (χ2n) is 5.38. The SMILES string of the molecule is CCCCC(CC)COC(c1ccc(Cl)s1)C(N)CC. The highest BCUT2D eigenvalue weighted by Crippen LogP contribution is 2.32. The van der Waals surface area contributed by atoms with Gasteiger partial charge in [0.2, 0.25) is 0 Å². The summed E-state index contributed by atoms with van der Waals surface area (Å²) in [4.78, 5) is 1.15. The van der Waals surface area contributed by atoms with Gasteiger partial charge < -0.3 is 10.5 Å². The minimum Gasteiger partial charge on any atom is -0.371 e. The lowest BCUT2D eigenvalue weighted by atomic mass is 10.00. The molecule has 20 heavy (non-hydrogen) atoms. The Kier molecular flexibility index (Phi) is 8.78. The van der Waals surface area contributed by atoms with E-state index < -0.39 is 0 Å². The van der Waals surface area contributed by atoms with Gasteiger partial charge in [-0.15, -0.1) is 11.3 Å². The average molecular weight is 318 g/mol. The van der Waals surface area contributed by atoms with Crippen LogP contribution in [-0.4, -0.2) is 12.6 Å². The molecule has 0 amide bonds. The molecule has 0 aliphatic heterocycles. The molecule has 0 saturated heterocycles. The summed E-state index contributed by atoms with van der Waals surface area (Å²) in [5, 5.41) is 0. The number of rotatable bonds is 10. The maximum Gasteiger partial charge on any atom is 0.107 e. The van der Waals surface area contributed by atoms with Crippen molar-refractivity contribution in [2.75, 3.05) is 6.61 Å². The summed E-state index contributed by atoms with van der Waals surface area (Å²) in [7, 11) is 0. The Balaban J connectivity index is 2.61. The first-order valence-corrected chi connectivity index (χ1v) is 8.94. The number of hydrogen-bond donors (Lipinski definition) is 1. The summed E-state index contributed by atoms with van der Waals surface area (Å²) in [6.07, 6.45) is 5.82. The number of nitrogens with two attached hydrogens (primary N) is 1. The molecule has 1 heterocycles. The van der Waals surface area contributed by atoms with Gasteiger partial charge in [0.15, 0.2) is 0 Å². The highest BCUT2D eigenvalue weighted by molar-refractivity contribution is 7.16. The Morgan fingerprint density at radius 3 is 2.50 bits per heavy atom. The van der Waals surface area contributed by atoms with Crippen molar-refractivity contribution in [1.29, 1.82) is 0 Å². The zero-order valence-corrected chi connectivity index (χ0v) is 14.5. The van der Waals surface area contributed by atoms with Crippen LogP contribution in [0.15, 0.2) is 12.1 Å². The number of ether oxygens (including phenoxy) is 1. The molecule has 0 bridgehead atoms. The molecule has 0 aliphatic rings. The highest BCUT2D eigenvalue weighted by atomic mass is 35.5. The van der Waals surface area contributed by atoms with Crippen LogP contribution in [0.2, 0.25) is 4.34 Å². The summed E-state index contributed by atoms with van der Waals surface area (Å²) in [6, 6.07) is 4.00. The molecule has 1 aromatic rings. The van der Waals surface area contributed by atoms with E-state index in [1.54, 1.807) is 11.3 Å². The third kappa shape index (κ3) is 5.72. The molecular formula is C16H28ClNOS. The highest BCUT2D eigenvalue weighted by Gasteiger charge is 2.22. The van der Waals surface area contributed by atoms with Crippen molar-refractivity contribution in [3.8, 4) is 0 Å². The first-order valence-electron chi connectivity index (χ1n) is 7.74. The monoisotopic (exact) mass is 317 g/mol. The van der Waals surface area contributed by atoms with Gasteiger partial charge in [-0.05, 0) is 30.9 Å². The van der Waals surface area contributed by atoms with Crippen LogP contribution in [-0.2, 0) is 4.74 Å². The third-order valence-corrected chi connectivity index (χ3v) is 5.08. The van der Waals surface area contributed by atoms with Crippen molar-refractivity contribution in [2.24, 2.45) is 11.7 Å². The normalized spacial score (nSPS) is 16.1. The van der Waals surface area contributed by atoms with Crippen molar-refractivity contribution < 1.29 is 4.74 Å². The molecule has 1 rings (SSSR count). The van der Waals surface area contributed by atoms with E-state index in [0.717, 1.165) is 22.2 Å². The van der Waals surface area contributed by atoms with Gasteiger partial charge >= 0.3 is 0 Å². The lowest BCUT2D eigenvalue weighted by Gasteiger charge is -2.25. The first kappa shape index (κ1) is 18.0. The lowest BCUT2D eigenvalue weighted by molar-refractivity contribution is 0.0108.